The molecule has 5 atom stereocenters. The van der Waals surface area contributed by atoms with Gasteiger partial charge >= 0.3 is 0 Å². The van der Waals surface area contributed by atoms with E-state index in [-0.39, 0.29) is 36.6 Å². The Morgan fingerprint density at radius 2 is 1.95 bits per heavy atom. The van der Waals surface area contributed by atoms with Crippen molar-refractivity contribution >= 4 is 44.2 Å². The summed E-state index contributed by atoms with van der Waals surface area (Å²) in [6.45, 7) is 7.81. The molecule has 0 unspecified atom stereocenters. The summed E-state index contributed by atoms with van der Waals surface area (Å²) in [4.78, 5) is 47.2. The number of carbonyl (C=O) groups excluding carboxylic acids is 3. The Balaban J connectivity index is 1.39. The number of hydrogen-bond acceptors (Lipinski definition) is 9. The normalized spacial score (nSPS) is 32.5. The third-order valence-electron chi connectivity index (χ3n) is 9.06. The average molecular weight is 622 g/mol. The monoisotopic (exact) mass is 621 g/mol. The molecule has 2 saturated carbocycles. The summed E-state index contributed by atoms with van der Waals surface area (Å²) in [6, 6.07) is -1.63. The van der Waals surface area contributed by atoms with Gasteiger partial charge in [0.15, 0.2) is 5.13 Å². The van der Waals surface area contributed by atoms with Gasteiger partial charge in [-0.1, -0.05) is 45.8 Å². The van der Waals surface area contributed by atoms with Crippen molar-refractivity contribution in [2.45, 2.75) is 119 Å². The molecule has 232 valence electrons. The van der Waals surface area contributed by atoms with Gasteiger partial charge in [-0.3, -0.25) is 19.1 Å². The van der Waals surface area contributed by atoms with Crippen LogP contribution in [-0.2, 0) is 29.8 Å². The Labute approximate surface area is 252 Å². The fourth-order valence-electron chi connectivity index (χ4n) is 5.71. The molecule has 1 aromatic rings. The third kappa shape index (κ3) is 6.23. The van der Waals surface area contributed by atoms with Gasteiger partial charge in [-0.05, 0) is 45.4 Å². The van der Waals surface area contributed by atoms with Crippen LogP contribution < -0.4 is 15.4 Å². The van der Waals surface area contributed by atoms with Crippen LogP contribution in [0.15, 0.2) is 17.5 Å². The second-order valence-corrected chi connectivity index (χ2v) is 16.7. The number of nitrogens with zero attached hydrogens (tertiary/aromatic N) is 2. The van der Waals surface area contributed by atoms with Crippen LogP contribution in [0.25, 0.3) is 0 Å². The first-order valence-corrected chi connectivity index (χ1v) is 17.3. The van der Waals surface area contributed by atoms with E-state index in [1.807, 2.05) is 17.5 Å². The van der Waals surface area contributed by atoms with Crippen molar-refractivity contribution in [3.8, 4) is 0 Å². The number of anilines is 1. The minimum Gasteiger partial charge on any atom is -0.391 e. The van der Waals surface area contributed by atoms with Crippen LogP contribution in [0.2, 0.25) is 0 Å². The topological polar surface area (TPSA) is 158 Å². The van der Waals surface area contributed by atoms with Gasteiger partial charge in [-0.25, -0.2) is 13.4 Å². The number of sulfonamides is 1. The second kappa shape index (κ2) is 11.2. The van der Waals surface area contributed by atoms with Gasteiger partial charge in [0.1, 0.15) is 17.6 Å². The average Bonchev–Trinajstić information content (AvgIpc) is 3.69. The maximum Gasteiger partial charge on any atom is 0.259 e. The maximum absolute atomic E-state index is 14.0. The Kier molecular flexibility index (Phi) is 8.25. The summed E-state index contributed by atoms with van der Waals surface area (Å²) < 4.78 is 27.0. The number of amides is 3. The fourth-order valence-corrected chi connectivity index (χ4v) is 8.01. The van der Waals surface area contributed by atoms with E-state index in [1.54, 1.807) is 6.92 Å². The molecular weight excluding hydrogens is 578 g/mol. The SMILES string of the molecule is CC(C)(C)c1csc(N[C@H]2CCCCC/C=C\[C@@H]3C[C@@]3(C(=O)NS(=O)(=O)C3(C)CC3)NC(=O)[C@@H]3C[C@@H](O)CN3C2=O)n1. The van der Waals surface area contributed by atoms with Crippen molar-refractivity contribution in [2.75, 3.05) is 11.9 Å². The molecule has 0 bridgehead atoms. The highest BCUT2D eigenvalue weighted by Gasteiger charge is 2.63. The number of carbonyl (C=O) groups is 3. The third-order valence-corrected chi connectivity index (χ3v) is 12.0. The molecular formula is C29H43N5O6S2. The van der Waals surface area contributed by atoms with E-state index >= 15 is 0 Å². The lowest BCUT2D eigenvalue weighted by molar-refractivity contribution is -0.140. The molecule has 4 N–H and O–H groups in total. The van der Waals surface area contributed by atoms with Gasteiger partial charge < -0.3 is 20.6 Å². The van der Waals surface area contributed by atoms with Crippen molar-refractivity contribution in [1.29, 1.82) is 0 Å². The van der Waals surface area contributed by atoms with Crippen LogP contribution >= 0.6 is 11.3 Å². The Hall–Kier alpha value is -2.51. The Morgan fingerprint density at radius 1 is 1.21 bits per heavy atom. The van der Waals surface area contributed by atoms with Crippen molar-refractivity contribution in [3.63, 3.8) is 0 Å². The van der Waals surface area contributed by atoms with Gasteiger partial charge in [0.05, 0.1) is 16.5 Å². The molecule has 2 aliphatic heterocycles. The highest BCUT2D eigenvalue weighted by molar-refractivity contribution is 7.91. The summed E-state index contributed by atoms with van der Waals surface area (Å²) >= 11 is 1.43. The van der Waals surface area contributed by atoms with Crippen LogP contribution in [0.3, 0.4) is 0 Å². The van der Waals surface area contributed by atoms with E-state index in [0.29, 0.717) is 24.4 Å². The molecule has 1 saturated heterocycles. The summed E-state index contributed by atoms with van der Waals surface area (Å²) in [6.07, 6.45) is 8.09. The molecule has 3 amide bonds. The van der Waals surface area contributed by atoms with Gasteiger partial charge in [0, 0.05) is 29.7 Å². The highest BCUT2D eigenvalue weighted by atomic mass is 32.2. The van der Waals surface area contributed by atoms with Crippen molar-refractivity contribution < 1.29 is 27.9 Å². The van der Waals surface area contributed by atoms with Crippen LogP contribution in [0.1, 0.15) is 91.2 Å². The zero-order chi connectivity index (χ0) is 30.5. The number of aromatic nitrogens is 1. The first kappa shape index (κ1) is 30.9. The number of nitrogens with one attached hydrogen (secondary N) is 3. The smallest absolute Gasteiger partial charge is 0.259 e. The number of fused-ring (bicyclic) bond motifs is 2. The summed E-state index contributed by atoms with van der Waals surface area (Å²) in [5.74, 6) is -1.99. The summed E-state index contributed by atoms with van der Waals surface area (Å²) in [5.41, 5.74) is -0.646. The van der Waals surface area contributed by atoms with Crippen LogP contribution in [0.5, 0.6) is 0 Å². The zero-order valence-corrected chi connectivity index (χ0v) is 26.4. The van der Waals surface area contributed by atoms with Crippen LogP contribution in [0.4, 0.5) is 5.13 Å². The van der Waals surface area contributed by atoms with Gasteiger partial charge in [0.25, 0.3) is 5.91 Å². The second-order valence-electron chi connectivity index (χ2n) is 13.6. The van der Waals surface area contributed by atoms with Crippen molar-refractivity contribution in [1.82, 2.24) is 19.9 Å². The van der Waals surface area contributed by atoms with E-state index in [9.17, 15) is 27.9 Å². The molecule has 3 fully saturated rings. The first-order valence-electron chi connectivity index (χ1n) is 14.9. The number of aliphatic hydroxyl groups excluding tert-OH is 1. The van der Waals surface area contributed by atoms with Gasteiger partial charge in [-0.15, -0.1) is 11.3 Å². The number of aliphatic hydroxyl groups is 1. The van der Waals surface area contributed by atoms with Crippen LogP contribution in [0, 0.1) is 5.92 Å². The molecule has 1 aromatic heterocycles. The van der Waals surface area contributed by atoms with Gasteiger partial charge in [-0.2, -0.15) is 0 Å². The lowest BCUT2D eigenvalue weighted by atomic mass is 9.93. The molecule has 2 aliphatic carbocycles. The predicted octanol–water partition coefficient (Wildman–Crippen LogP) is 2.58. The van der Waals surface area contributed by atoms with Crippen LogP contribution in [-0.4, -0.2) is 76.1 Å². The standard InChI is InChI=1S/C29H43N5O6S2/c1-27(2,3)22-17-41-26(31-22)30-20-11-9-7-5-6-8-10-18-15-29(18,25(38)33-42(39,40)28(4)12-13-28)32-23(36)21-14-19(35)16-34(21)24(20)37/h8,10,17-21,35H,5-7,9,11-16H2,1-4H3,(H,30,31)(H,32,36)(H,33,38)/b10-8-/t18-,19-,20+,21+,29-/m1/s1. The summed E-state index contributed by atoms with van der Waals surface area (Å²) in [7, 11) is -3.90. The van der Waals surface area contributed by atoms with Crippen molar-refractivity contribution in [2.24, 2.45) is 5.92 Å². The quantitative estimate of drug-likeness (QED) is 0.366. The molecule has 0 spiro atoms. The predicted molar refractivity (Wildman–Crippen MR) is 160 cm³/mol. The largest absolute Gasteiger partial charge is 0.391 e. The molecule has 0 aromatic carbocycles. The Bertz CT molecular complexity index is 1360. The summed E-state index contributed by atoms with van der Waals surface area (Å²) in [5, 5.41) is 19.3. The van der Waals surface area contributed by atoms with E-state index in [1.165, 1.54) is 16.2 Å². The molecule has 0 radical (unpaired) electrons. The number of thiazole rings is 1. The first-order chi connectivity index (χ1) is 19.7. The lowest BCUT2D eigenvalue weighted by Crippen LogP contribution is -2.58. The van der Waals surface area contributed by atoms with E-state index < -0.39 is 50.3 Å². The Morgan fingerprint density at radius 3 is 2.62 bits per heavy atom. The number of rotatable bonds is 5. The molecule has 13 heteroatoms. The zero-order valence-electron chi connectivity index (χ0n) is 24.8. The minimum absolute atomic E-state index is 0.00449. The van der Waals surface area contributed by atoms with E-state index in [2.05, 4.69) is 36.1 Å². The van der Waals surface area contributed by atoms with Gasteiger partial charge in [0.2, 0.25) is 21.8 Å². The number of hydrogen-bond donors (Lipinski definition) is 4. The lowest BCUT2D eigenvalue weighted by Gasteiger charge is -2.30. The molecule has 3 heterocycles. The molecule has 11 nitrogen and oxygen atoms in total. The number of allylic oxidation sites excluding steroid dienone is 1. The highest BCUT2D eigenvalue weighted by Crippen LogP contribution is 2.47. The maximum atomic E-state index is 14.0. The van der Waals surface area contributed by atoms with Crippen molar-refractivity contribution in [3.05, 3.63) is 23.2 Å². The fraction of sp³-hybridized carbons (Fsp3) is 0.724. The molecule has 5 rings (SSSR count). The minimum atomic E-state index is -3.90. The van der Waals surface area contributed by atoms with E-state index in [0.717, 1.165) is 31.4 Å². The molecule has 42 heavy (non-hydrogen) atoms. The molecule has 4 aliphatic rings. The van der Waals surface area contributed by atoms with E-state index in [4.69, 9.17) is 4.98 Å².